The first-order valence-corrected chi connectivity index (χ1v) is 7.36. The van der Waals surface area contributed by atoms with Crippen LogP contribution in [0, 0.1) is 0 Å². The molecule has 1 unspecified atom stereocenters. The third-order valence-corrected chi connectivity index (χ3v) is 4.22. The third kappa shape index (κ3) is 2.79. The van der Waals surface area contributed by atoms with E-state index in [1.54, 1.807) is 14.2 Å². The van der Waals surface area contributed by atoms with Crippen LogP contribution in [0.5, 0.6) is 11.5 Å². The van der Waals surface area contributed by atoms with Crippen LogP contribution in [0.1, 0.15) is 23.6 Å². The highest BCUT2D eigenvalue weighted by atomic mass is 35.5. The number of anilines is 1. The van der Waals surface area contributed by atoms with Gasteiger partial charge in [0.15, 0.2) is 0 Å². The Morgan fingerprint density at radius 3 is 2.67 bits per heavy atom. The number of ether oxygens (including phenoxy) is 2. The fourth-order valence-electron chi connectivity index (χ4n) is 2.81. The minimum Gasteiger partial charge on any atom is -0.497 e. The quantitative estimate of drug-likeness (QED) is 0.905. The van der Waals surface area contributed by atoms with Gasteiger partial charge in [0.05, 0.1) is 25.3 Å². The lowest BCUT2D eigenvalue weighted by atomic mass is 10.1. The van der Waals surface area contributed by atoms with Crippen molar-refractivity contribution in [1.82, 2.24) is 0 Å². The second-order valence-electron chi connectivity index (χ2n) is 5.15. The van der Waals surface area contributed by atoms with Crippen molar-refractivity contribution in [3.63, 3.8) is 0 Å². The van der Waals surface area contributed by atoms with Crippen LogP contribution in [0.15, 0.2) is 36.4 Å². The number of benzene rings is 2. The predicted octanol–water partition coefficient (Wildman–Crippen LogP) is 4.46. The van der Waals surface area contributed by atoms with E-state index in [1.807, 2.05) is 24.3 Å². The molecule has 3 nitrogen and oxygen atoms in total. The minimum atomic E-state index is 0.291. The number of nitrogens with one attached hydrogen (secondary N) is 1. The van der Waals surface area contributed by atoms with E-state index < -0.39 is 0 Å². The summed E-state index contributed by atoms with van der Waals surface area (Å²) in [6.45, 7) is 0. The van der Waals surface area contributed by atoms with Crippen LogP contribution in [0.25, 0.3) is 0 Å². The molecule has 1 aliphatic carbocycles. The van der Waals surface area contributed by atoms with Gasteiger partial charge < -0.3 is 14.8 Å². The van der Waals surface area contributed by atoms with Crippen molar-refractivity contribution in [1.29, 1.82) is 0 Å². The molecular weight excluding hydrogens is 286 g/mol. The van der Waals surface area contributed by atoms with Crippen LogP contribution in [0.4, 0.5) is 5.69 Å². The SMILES string of the molecule is COc1ccc2c(c1)C(Nc1ccc(OC)c(Cl)c1)CC2. The van der Waals surface area contributed by atoms with E-state index in [4.69, 9.17) is 21.1 Å². The summed E-state index contributed by atoms with van der Waals surface area (Å²) in [6, 6.07) is 12.3. The summed E-state index contributed by atoms with van der Waals surface area (Å²) in [5.74, 6) is 1.59. The zero-order valence-electron chi connectivity index (χ0n) is 12.2. The van der Waals surface area contributed by atoms with E-state index in [0.29, 0.717) is 16.8 Å². The van der Waals surface area contributed by atoms with Gasteiger partial charge in [0, 0.05) is 5.69 Å². The second-order valence-corrected chi connectivity index (χ2v) is 5.56. The first-order valence-electron chi connectivity index (χ1n) is 6.98. The fourth-order valence-corrected chi connectivity index (χ4v) is 3.07. The van der Waals surface area contributed by atoms with Gasteiger partial charge in [-0.25, -0.2) is 0 Å². The van der Waals surface area contributed by atoms with Crippen LogP contribution in [-0.4, -0.2) is 14.2 Å². The summed E-state index contributed by atoms with van der Waals surface area (Å²) in [5.41, 5.74) is 3.69. The first kappa shape index (κ1) is 14.1. The summed E-state index contributed by atoms with van der Waals surface area (Å²) in [7, 11) is 3.32. The van der Waals surface area contributed by atoms with Gasteiger partial charge in [-0.05, 0) is 54.3 Å². The molecule has 2 aromatic rings. The van der Waals surface area contributed by atoms with Gasteiger partial charge in [0.2, 0.25) is 0 Å². The van der Waals surface area contributed by atoms with Gasteiger partial charge in [0.1, 0.15) is 11.5 Å². The van der Waals surface area contributed by atoms with Crippen molar-refractivity contribution in [3.05, 3.63) is 52.5 Å². The van der Waals surface area contributed by atoms with Gasteiger partial charge in [0.25, 0.3) is 0 Å². The molecule has 0 saturated heterocycles. The van der Waals surface area contributed by atoms with Crippen molar-refractivity contribution in [2.45, 2.75) is 18.9 Å². The molecule has 0 saturated carbocycles. The van der Waals surface area contributed by atoms with Gasteiger partial charge in [-0.3, -0.25) is 0 Å². The molecular formula is C17H18ClNO2. The molecule has 0 fully saturated rings. The first-order chi connectivity index (χ1) is 10.2. The van der Waals surface area contributed by atoms with E-state index in [-0.39, 0.29) is 0 Å². The number of methoxy groups -OCH3 is 2. The maximum atomic E-state index is 6.18. The second kappa shape index (κ2) is 5.86. The Balaban J connectivity index is 1.83. The Labute approximate surface area is 129 Å². The fraction of sp³-hybridized carbons (Fsp3) is 0.294. The number of hydrogen-bond acceptors (Lipinski definition) is 3. The summed E-state index contributed by atoms with van der Waals surface area (Å²) in [4.78, 5) is 0. The van der Waals surface area contributed by atoms with Gasteiger partial charge in [-0.1, -0.05) is 17.7 Å². The summed E-state index contributed by atoms with van der Waals surface area (Å²) >= 11 is 6.18. The number of hydrogen-bond donors (Lipinski definition) is 1. The van der Waals surface area contributed by atoms with Crippen LogP contribution in [0.2, 0.25) is 5.02 Å². The summed E-state index contributed by atoms with van der Waals surface area (Å²) in [5, 5.41) is 4.16. The lowest BCUT2D eigenvalue weighted by Crippen LogP contribution is -2.07. The molecule has 0 bridgehead atoms. The maximum absolute atomic E-state index is 6.18. The number of halogens is 1. The highest BCUT2D eigenvalue weighted by Gasteiger charge is 2.23. The molecule has 0 aliphatic heterocycles. The van der Waals surface area contributed by atoms with Crippen molar-refractivity contribution in [2.24, 2.45) is 0 Å². The standard InChI is InChI=1S/C17H18ClNO2/c1-20-13-6-3-11-4-7-16(14(11)10-13)19-12-5-8-17(21-2)15(18)9-12/h3,5-6,8-10,16,19H,4,7H2,1-2H3. The molecule has 0 spiro atoms. The molecule has 1 aliphatic rings. The normalized spacial score (nSPS) is 16.4. The zero-order chi connectivity index (χ0) is 14.8. The van der Waals surface area contributed by atoms with Crippen LogP contribution < -0.4 is 14.8 Å². The van der Waals surface area contributed by atoms with E-state index in [1.165, 1.54) is 11.1 Å². The topological polar surface area (TPSA) is 30.5 Å². The lowest BCUT2D eigenvalue weighted by molar-refractivity contribution is 0.414. The molecule has 3 rings (SSSR count). The number of aryl methyl sites for hydroxylation is 1. The summed E-state index contributed by atoms with van der Waals surface area (Å²) in [6.07, 6.45) is 2.16. The minimum absolute atomic E-state index is 0.291. The van der Waals surface area contributed by atoms with Gasteiger partial charge in [-0.2, -0.15) is 0 Å². The van der Waals surface area contributed by atoms with E-state index >= 15 is 0 Å². The monoisotopic (exact) mass is 303 g/mol. The zero-order valence-corrected chi connectivity index (χ0v) is 12.9. The predicted molar refractivity (Wildman–Crippen MR) is 85.7 cm³/mol. The summed E-state index contributed by atoms with van der Waals surface area (Å²) < 4.78 is 10.5. The Hall–Kier alpha value is -1.87. The number of fused-ring (bicyclic) bond motifs is 1. The third-order valence-electron chi connectivity index (χ3n) is 3.92. The van der Waals surface area contributed by atoms with Crippen molar-refractivity contribution >= 4 is 17.3 Å². The Bertz CT molecular complexity index is 657. The van der Waals surface area contributed by atoms with Gasteiger partial charge in [-0.15, -0.1) is 0 Å². The molecule has 0 heterocycles. The van der Waals surface area contributed by atoms with Crippen molar-refractivity contribution in [3.8, 4) is 11.5 Å². The molecule has 21 heavy (non-hydrogen) atoms. The van der Waals surface area contributed by atoms with Crippen LogP contribution in [0.3, 0.4) is 0 Å². The molecule has 2 aromatic carbocycles. The molecule has 1 N–H and O–H groups in total. The van der Waals surface area contributed by atoms with E-state index in [2.05, 4.69) is 17.4 Å². The lowest BCUT2D eigenvalue weighted by Gasteiger charge is -2.17. The Kier molecular flexibility index (Phi) is 3.93. The Morgan fingerprint density at radius 1 is 1.10 bits per heavy atom. The van der Waals surface area contributed by atoms with E-state index in [0.717, 1.165) is 24.3 Å². The molecule has 0 aromatic heterocycles. The maximum Gasteiger partial charge on any atom is 0.137 e. The molecule has 0 amide bonds. The van der Waals surface area contributed by atoms with Crippen LogP contribution >= 0.6 is 11.6 Å². The number of rotatable bonds is 4. The van der Waals surface area contributed by atoms with Crippen LogP contribution in [-0.2, 0) is 6.42 Å². The molecule has 4 heteroatoms. The average molecular weight is 304 g/mol. The smallest absolute Gasteiger partial charge is 0.137 e. The highest BCUT2D eigenvalue weighted by molar-refractivity contribution is 6.32. The molecule has 1 atom stereocenters. The highest BCUT2D eigenvalue weighted by Crippen LogP contribution is 2.37. The molecule has 0 radical (unpaired) electrons. The Morgan fingerprint density at radius 2 is 1.95 bits per heavy atom. The van der Waals surface area contributed by atoms with Gasteiger partial charge >= 0.3 is 0 Å². The average Bonchev–Trinajstić information content (AvgIpc) is 2.90. The van der Waals surface area contributed by atoms with Crippen molar-refractivity contribution in [2.75, 3.05) is 19.5 Å². The largest absolute Gasteiger partial charge is 0.497 e. The molecule has 110 valence electrons. The van der Waals surface area contributed by atoms with E-state index in [9.17, 15) is 0 Å². The van der Waals surface area contributed by atoms with Crippen molar-refractivity contribution < 1.29 is 9.47 Å².